The van der Waals surface area contributed by atoms with Crippen LogP contribution in [-0.2, 0) is 11.3 Å². The van der Waals surface area contributed by atoms with E-state index in [0.717, 1.165) is 5.56 Å². The lowest BCUT2D eigenvalue weighted by Crippen LogP contribution is -2.29. The van der Waals surface area contributed by atoms with Crippen LogP contribution in [0.4, 0.5) is 0 Å². The molecule has 0 aliphatic rings. The summed E-state index contributed by atoms with van der Waals surface area (Å²) in [5, 5.41) is 21.6. The first kappa shape index (κ1) is 12.0. The SMILES string of the molecule is COCC(O)CNCc1cccc(O)c1. The fourth-order valence-corrected chi connectivity index (χ4v) is 1.30. The van der Waals surface area contributed by atoms with Crippen molar-refractivity contribution in [1.82, 2.24) is 5.32 Å². The summed E-state index contributed by atoms with van der Waals surface area (Å²) in [7, 11) is 1.55. The fraction of sp³-hybridized carbons (Fsp3) is 0.455. The van der Waals surface area contributed by atoms with Crippen LogP contribution in [0.3, 0.4) is 0 Å². The Labute approximate surface area is 89.5 Å². The van der Waals surface area contributed by atoms with E-state index in [-0.39, 0.29) is 5.75 Å². The van der Waals surface area contributed by atoms with Crippen molar-refractivity contribution in [3.05, 3.63) is 29.8 Å². The number of hydrogen-bond acceptors (Lipinski definition) is 4. The molecule has 4 nitrogen and oxygen atoms in total. The van der Waals surface area contributed by atoms with E-state index in [1.54, 1.807) is 25.3 Å². The number of methoxy groups -OCH3 is 1. The van der Waals surface area contributed by atoms with Crippen LogP contribution >= 0.6 is 0 Å². The summed E-state index contributed by atoms with van der Waals surface area (Å²) in [6, 6.07) is 7.02. The summed E-state index contributed by atoms with van der Waals surface area (Å²) in [5.74, 6) is 0.256. The van der Waals surface area contributed by atoms with Crippen molar-refractivity contribution in [3.63, 3.8) is 0 Å². The van der Waals surface area contributed by atoms with E-state index >= 15 is 0 Å². The summed E-state index contributed by atoms with van der Waals surface area (Å²) >= 11 is 0. The third-order valence-corrected chi connectivity index (χ3v) is 1.98. The van der Waals surface area contributed by atoms with Gasteiger partial charge in [-0.1, -0.05) is 12.1 Å². The molecule has 15 heavy (non-hydrogen) atoms. The van der Waals surface area contributed by atoms with E-state index in [1.165, 1.54) is 0 Å². The summed E-state index contributed by atoms with van der Waals surface area (Å²) in [5.41, 5.74) is 0.986. The number of ether oxygens (including phenoxy) is 1. The normalized spacial score (nSPS) is 12.7. The third-order valence-electron chi connectivity index (χ3n) is 1.98. The maximum Gasteiger partial charge on any atom is 0.115 e. The van der Waals surface area contributed by atoms with Gasteiger partial charge in [-0.25, -0.2) is 0 Å². The van der Waals surface area contributed by atoms with Crippen LogP contribution in [0.25, 0.3) is 0 Å². The molecule has 0 aliphatic heterocycles. The summed E-state index contributed by atoms with van der Waals surface area (Å²) in [6.07, 6.45) is -0.493. The molecule has 0 aliphatic carbocycles. The minimum Gasteiger partial charge on any atom is -0.508 e. The number of aliphatic hydroxyl groups excluding tert-OH is 1. The fourth-order valence-electron chi connectivity index (χ4n) is 1.30. The number of phenols is 1. The second-order valence-corrected chi connectivity index (χ2v) is 3.41. The molecule has 0 saturated carbocycles. The van der Waals surface area contributed by atoms with Crippen molar-refractivity contribution in [1.29, 1.82) is 0 Å². The first-order valence-electron chi connectivity index (χ1n) is 4.88. The number of nitrogens with one attached hydrogen (secondary N) is 1. The molecule has 0 fully saturated rings. The molecule has 0 amide bonds. The number of benzene rings is 1. The van der Waals surface area contributed by atoms with Crippen LogP contribution < -0.4 is 5.32 Å². The van der Waals surface area contributed by atoms with Gasteiger partial charge in [0, 0.05) is 20.2 Å². The zero-order chi connectivity index (χ0) is 11.1. The van der Waals surface area contributed by atoms with Crippen molar-refractivity contribution < 1.29 is 14.9 Å². The summed E-state index contributed by atoms with van der Waals surface area (Å²) < 4.78 is 4.80. The Morgan fingerprint density at radius 2 is 2.27 bits per heavy atom. The molecule has 4 heteroatoms. The Bertz CT molecular complexity index is 291. The van der Waals surface area contributed by atoms with Crippen molar-refractivity contribution in [2.24, 2.45) is 0 Å². The van der Waals surface area contributed by atoms with Gasteiger partial charge in [0.1, 0.15) is 5.75 Å². The lowest BCUT2D eigenvalue weighted by Gasteiger charge is -2.10. The molecule has 1 rings (SSSR count). The Hall–Kier alpha value is -1.10. The summed E-state index contributed by atoms with van der Waals surface area (Å²) in [4.78, 5) is 0. The van der Waals surface area contributed by atoms with Crippen LogP contribution in [0.15, 0.2) is 24.3 Å². The quantitative estimate of drug-likeness (QED) is 0.641. The van der Waals surface area contributed by atoms with Crippen LogP contribution in [0.1, 0.15) is 5.56 Å². The lowest BCUT2D eigenvalue weighted by atomic mass is 10.2. The van der Waals surface area contributed by atoms with E-state index in [9.17, 15) is 10.2 Å². The van der Waals surface area contributed by atoms with Gasteiger partial charge < -0.3 is 20.3 Å². The van der Waals surface area contributed by atoms with Gasteiger partial charge in [0.15, 0.2) is 0 Å². The molecule has 84 valence electrons. The maximum atomic E-state index is 9.34. The van der Waals surface area contributed by atoms with E-state index in [1.807, 2.05) is 6.07 Å². The zero-order valence-corrected chi connectivity index (χ0v) is 8.81. The molecule has 0 bridgehead atoms. The summed E-state index contributed by atoms with van der Waals surface area (Å²) in [6.45, 7) is 1.42. The Balaban J connectivity index is 2.25. The molecule has 0 radical (unpaired) electrons. The van der Waals surface area contributed by atoms with Crippen LogP contribution in [0.5, 0.6) is 5.75 Å². The largest absolute Gasteiger partial charge is 0.508 e. The number of hydrogen-bond donors (Lipinski definition) is 3. The Morgan fingerprint density at radius 1 is 1.47 bits per heavy atom. The first-order chi connectivity index (χ1) is 7.22. The van der Waals surface area contributed by atoms with Gasteiger partial charge in [0.25, 0.3) is 0 Å². The predicted molar refractivity (Wildman–Crippen MR) is 57.7 cm³/mol. The highest BCUT2D eigenvalue weighted by Crippen LogP contribution is 2.10. The number of phenolic OH excluding ortho intramolecular Hbond substituents is 1. The van der Waals surface area contributed by atoms with E-state index in [0.29, 0.717) is 19.7 Å². The van der Waals surface area contributed by atoms with Gasteiger partial charge >= 0.3 is 0 Å². The average molecular weight is 211 g/mol. The molecular formula is C11H17NO3. The van der Waals surface area contributed by atoms with E-state index < -0.39 is 6.10 Å². The molecule has 0 heterocycles. The van der Waals surface area contributed by atoms with Gasteiger partial charge in [-0.05, 0) is 17.7 Å². The molecule has 1 aromatic carbocycles. The number of rotatable bonds is 6. The Kier molecular flexibility index (Phi) is 5.10. The molecular weight excluding hydrogens is 194 g/mol. The number of aromatic hydroxyl groups is 1. The standard InChI is InChI=1S/C11H17NO3/c1-15-8-11(14)7-12-6-9-3-2-4-10(13)5-9/h2-5,11-14H,6-8H2,1H3. The van der Waals surface area contributed by atoms with Gasteiger partial charge in [-0.3, -0.25) is 0 Å². The molecule has 1 atom stereocenters. The van der Waals surface area contributed by atoms with Crippen LogP contribution in [0, 0.1) is 0 Å². The molecule has 0 spiro atoms. The minimum atomic E-state index is -0.493. The molecule has 3 N–H and O–H groups in total. The van der Waals surface area contributed by atoms with E-state index in [4.69, 9.17) is 4.74 Å². The third kappa shape index (κ3) is 4.78. The maximum absolute atomic E-state index is 9.34. The van der Waals surface area contributed by atoms with Crippen molar-refractivity contribution in [2.45, 2.75) is 12.6 Å². The predicted octanol–water partition coefficient (Wildman–Crippen LogP) is 0.489. The molecule has 1 aromatic rings. The average Bonchev–Trinajstić information content (AvgIpc) is 2.18. The van der Waals surface area contributed by atoms with Gasteiger partial charge in [0.2, 0.25) is 0 Å². The molecule has 0 saturated heterocycles. The highest BCUT2D eigenvalue weighted by atomic mass is 16.5. The monoisotopic (exact) mass is 211 g/mol. The molecule has 0 aromatic heterocycles. The van der Waals surface area contributed by atoms with Gasteiger partial charge in [-0.15, -0.1) is 0 Å². The molecule has 1 unspecified atom stereocenters. The van der Waals surface area contributed by atoms with Crippen molar-refractivity contribution in [2.75, 3.05) is 20.3 Å². The van der Waals surface area contributed by atoms with E-state index in [2.05, 4.69) is 5.32 Å². The van der Waals surface area contributed by atoms with Crippen LogP contribution in [-0.4, -0.2) is 36.6 Å². The minimum absolute atomic E-state index is 0.256. The highest BCUT2D eigenvalue weighted by Gasteiger charge is 2.02. The zero-order valence-electron chi connectivity index (χ0n) is 8.81. The van der Waals surface area contributed by atoms with Crippen molar-refractivity contribution in [3.8, 4) is 5.75 Å². The van der Waals surface area contributed by atoms with Gasteiger partial charge in [-0.2, -0.15) is 0 Å². The topological polar surface area (TPSA) is 61.7 Å². The van der Waals surface area contributed by atoms with Crippen molar-refractivity contribution >= 4 is 0 Å². The number of aliphatic hydroxyl groups is 1. The second-order valence-electron chi connectivity index (χ2n) is 3.41. The van der Waals surface area contributed by atoms with Crippen LogP contribution in [0.2, 0.25) is 0 Å². The lowest BCUT2D eigenvalue weighted by molar-refractivity contribution is 0.0644. The highest BCUT2D eigenvalue weighted by molar-refractivity contribution is 5.26. The van der Waals surface area contributed by atoms with Gasteiger partial charge in [0.05, 0.1) is 12.7 Å². The second kappa shape index (κ2) is 6.40. The smallest absolute Gasteiger partial charge is 0.115 e. The first-order valence-corrected chi connectivity index (χ1v) is 4.88. The Morgan fingerprint density at radius 3 is 2.93 bits per heavy atom.